The lowest BCUT2D eigenvalue weighted by Crippen LogP contribution is -1.90. The second kappa shape index (κ2) is 4.71. The van der Waals surface area contributed by atoms with Crippen LogP contribution >= 0.6 is 11.3 Å². The topological polar surface area (TPSA) is 36.7 Å². The average Bonchev–Trinajstić information content (AvgIpc) is 3.13. The van der Waals surface area contributed by atoms with Crippen molar-refractivity contribution in [2.75, 3.05) is 0 Å². The van der Waals surface area contributed by atoms with Crippen molar-refractivity contribution < 1.29 is 8.78 Å². The van der Waals surface area contributed by atoms with E-state index in [2.05, 4.69) is 11.1 Å². The molecule has 0 aliphatic heterocycles. The maximum atomic E-state index is 13.7. The van der Waals surface area contributed by atoms with Crippen LogP contribution in [0, 0.1) is 23.0 Å². The van der Waals surface area contributed by atoms with E-state index >= 15 is 0 Å². The molecule has 1 aliphatic carbocycles. The molecule has 5 heteroatoms. The van der Waals surface area contributed by atoms with Gasteiger partial charge in [-0.2, -0.15) is 5.26 Å². The summed E-state index contributed by atoms with van der Waals surface area (Å²) < 4.78 is 27.5. The minimum absolute atomic E-state index is 0.0846. The third-order valence-electron chi connectivity index (χ3n) is 3.11. The normalized spacial score (nSPS) is 14.4. The fourth-order valence-corrected chi connectivity index (χ4v) is 3.17. The maximum absolute atomic E-state index is 13.7. The predicted molar refractivity (Wildman–Crippen MR) is 68.8 cm³/mol. The Labute approximate surface area is 113 Å². The number of nitrogens with zero attached hydrogens (tertiary/aromatic N) is 2. The Morgan fingerprint density at radius 1 is 1.32 bits per heavy atom. The van der Waals surface area contributed by atoms with E-state index in [4.69, 9.17) is 5.26 Å². The molecule has 1 heterocycles. The minimum Gasteiger partial charge on any atom is -0.240 e. The van der Waals surface area contributed by atoms with Gasteiger partial charge in [-0.3, -0.25) is 0 Å². The van der Waals surface area contributed by atoms with Crippen LogP contribution in [0.5, 0.6) is 0 Å². The van der Waals surface area contributed by atoms with Crippen LogP contribution in [0.4, 0.5) is 8.78 Å². The molecule has 3 rings (SSSR count). The highest BCUT2D eigenvalue weighted by molar-refractivity contribution is 7.15. The summed E-state index contributed by atoms with van der Waals surface area (Å²) in [6.07, 6.45) is 2.34. The number of aromatic nitrogens is 1. The molecule has 1 aliphatic rings. The van der Waals surface area contributed by atoms with E-state index in [1.807, 2.05) is 0 Å². The minimum atomic E-state index is -0.611. The Kier molecular flexibility index (Phi) is 3.03. The van der Waals surface area contributed by atoms with Gasteiger partial charge in [0.2, 0.25) is 0 Å². The van der Waals surface area contributed by atoms with Crippen molar-refractivity contribution in [1.29, 1.82) is 5.26 Å². The Bertz CT molecular complexity index is 648. The number of rotatable bonds is 3. The van der Waals surface area contributed by atoms with Gasteiger partial charge in [0, 0.05) is 10.8 Å². The van der Waals surface area contributed by atoms with Crippen LogP contribution in [0.3, 0.4) is 0 Å². The van der Waals surface area contributed by atoms with Gasteiger partial charge in [-0.1, -0.05) is 6.07 Å². The molecule has 0 atom stereocenters. The summed E-state index contributed by atoms with van der Waals surface area (Å²) in [5.74, 6) is -0.859. The zero-order valence-electron chi connectivity index (χ0n) is 9.99. The molecule has 1 saturated carbocycles. The van der Waals surface area contributed by atoms with Gasteiger partial charge in [-0.05, 0) is 25.0 Å². The SMILES string of the molecule is N#CCc1sc(-c2c(F)cccc2F)nc1C1CC1. The molecule has 0 spiro atoms. The van der Waals surface area contributed by atoms with Crippen molar-refractivity contribution in [3.63, 3.8) is 0 Å². The van der Waals surface area contributed by atoms with Crippen LogP contribution in [0.2, 0.25) is 0 Å². The number of nitriles is 1. The highest BCUT2D eigenvalue weighted by Crippen LogP contribution is 2.44. The summed E-state index contributed by atoms with van der Waals surface area (Å²) >= 11 is 1.22. The summed E-state index contributed by atoms with van der Waals surface area (Å²) in [5, 5.41) is 9.15. The van der Waals surface area contributed by atoms with Gasteiger partial charge in [0.05, 0.1) is 23.7 Å². The largest absolute Gasteiger partial charge is 0.240 e. The van der Waals surface area contributed by atoms with E-state index in [0.717, 1.165) is 23.4 Å². The molecule has 19 heavy (non-hydrogen) atoms. The van der Waals surface area contributed by atoms with E-state index in [9.17, 15) is 8.78 Å². The molecule has 0 N–H and O–H groups in total. The monoisotopic (exact) mass is 276 g/mol. The van der Waals surface area contributed by atoms with Gasteiger partial charge in [0.25, 0.3) is 0 Å². The first-order valence-corrected chi connectivity index (χ1v) is 6.83. The molecule has 2 aromatic rings. The predicted octanol–water partition coefficient (Wildman–Crippen LogP) is 4.03. The zero-order valence-corrected chi connectivity index (χ0v) is 10.8. The number of halogens is 2. The van der Waals surface area contributed by atoms with E-state index in [1.54, 1.807) is 0 Å². The van der Waals surface area contributed by atoms with Gasteiger partial charge in [-0.25, -0.2) is 13.8 Å². The van der Waals surface area contributed by atoms with Crippen LogP contribution in [0.15, 0.2) is 18.2 Å². The van der Waals surface area contributed by atoms with E-state index in [1.165, 1.54) is 29.5 Å². The van der Waals surface area contributed by atoms with E-state index in [-0.39, 0.29) is 12.0 Å². The lowest BCUT2D eigenvalue weighted by molar-refractivity contribution is 0.589. The van der Waals surface area contributed by atoms with E-state index < -0.39 is 11.6 Å². The number of benzene rings is 1. The van der Waals surface area contributed by atoms with Gasteiger partial charge < -0.3 is 0 Å². The van der Waals surface area contributed by atoms with Crippen molar-refractivity contribution in [2.45, 2.75) is 25.2 Å². The molecule has 1 aromatic carbocycles. The van der Waals surface area contributed by atoms with Crippen LogP contribution in [0.25, 0.3) is 10.6 Å². The first-order valence-electron chi connectivity index (χ1n) is 6.01. The second-order valence-electron chi connectivity index (χ2n) is 4.53. The van der Waals surface area contributed by atoms with Gasteiger partial charge in [-0.15, -0.1) is 11.3 Å². The van der Waals surface area contributed by atoms with Crippen LogP contribution in [-0.4, -0.2) is 4.98 Å². The molecule has 96 valence electrons. The molecule has 0 radical (unpaired) electrons. The summed E-state index contributed by atoms with van der Waals surface area (Å²) in [6.45, 7) is 0. The van der Waals surface area contributed by atoms with E-state index in [0.29, 0.717) is 10.9 Å². The third-order valence-corrected chi connectivity index (χ3v) is 4.20. The van der Waals surface area contributed by atoms with Crippen molar-refractivity contribution in [1.82, 2.24) is 4.98 Å². The summed E-state index contributed by atoms with van der Waals surface area (Å²) in [7, 11) is 0. The molecule has 1 aromatic heterocycles. The molecule has 0 unspecified atom stereocenters. The first-order chi connectivity index (χ1) is 9.20. The van der Waals surface area contributed by atoms with Gasteiger partial charge in [0.1, 0.15) is 16.6 Å². The zero-order chi connectivity index (χ0) is 13.4. The quantitative estimate of drug-likeness (QED) is 0.848. The highest BCUT2D eigenvalue weighted by Gasteiger charge is 2.30. The number of hydrogen-bond acceptors (Lipinski definition) is 3. The lowest BCUT2D eigenvalue weighted by Gasteiger charge is -1.99. The summed E-state index contributed by atoms with van der Waals surface area (Å²) in [4.78, 5) is 5.21. The number of thiazole rings is 1. The van der Waals surface area contributed by atoms with Crippen LogP contribution in [0.1, 0.15) is 29.3 Å². The second-order valence-corrected chi connectivity index (χ2v) is 5.62. The van der Waals surface area contributed by atoms with Crippen LogP contribution in [-0.2, 0) is 6.42 Å². The number of hydrogen-bond donors (Lipinski definition) is 0. The summed E-state index contributed by atoms with van der Waals surface area (Å²) in [6, 6.07) is 5.86. The Hall–Kier alpha value is -1.80. The Morgan fingerprint density at radius 2 is 2.00 bits per heavy atom. The maximum Gasteiger partial charge on any atom is 0.136 e. The van der Waals surface area contributed by atoms with Crippen LogP contribution < -0.4 is 0 Å². The summed E-state index contributed by atoms with van der Waals surface area (Å²) in [5.41, 5.74) is 0.766. The molecular formula is C14H10F2N2S. The highest BCUT2D eigenvalue weighted by atomic mass is 32.1. The molecule has 1 fully saturated rings. The molecule has 0 bridgehead atoms. The first kappa shape index (κ1) is 12.2. The van der Waals surface area contributed by atoms with Gasteiger partial charge in [0.15, 0.2) is 0 Å². The molecular weight excluding hydrogens is 266 g/mol. The Balaban J connectivity index is 2.11. The van der Waals surface area contributed by atoms with Crippen molar-refractivity contribution in [2.24, 2.45) is 0 Å². The smallest absolute Gasteiger partial charge is 0.136 e. The fourth-order valence-electron chi connectivity index (χ4n) is 2.05. The molecule has 2 nitrogen and oxygen atoms in total. The van der Waals surface area contributed by atoms with Crippen molar-refractivity contribution >= 4 is 11.3 Å². The van der Waals surface area contributed by atoms with Crippen molar-refractivity contribution in [3.8, 4) is 16.6 Å². The molecule has 0 saturated heterocycles. The van der Waals surface area contributed by atoms with Gasteiger partial charge >= 0.3 is 0 Å². The lowest BCUT2D eigenvalue weighted by atomic mass is 10.2. The standard InChI is InChI=1S/C14H10F2N2S/c15-9-2-1-3-10(16)12(9)14-18-13(8-4-5-8)11(19-14)6-7-17/h1-3,8H,4-6H2. The Morgan fingerprint density at radius 3 is 2.58 bits per heavy atom. The fraction of sp³-hybridized carbons (Fsp3) is 0.286. The molecule has 0 amide bonds. The third kappa shape index (κ3) is 2.24. The average molecular weight is 276 g/mol. The van der Waals surface area contributed by atoms with Crippen molar-refractivity contribution in [3.05, 3.63) is 40.4 Å².